The zero-order chi connectivity index (χ0) is 25.3. The topological polar surface area (TPSA) is 87.7 Å². The highest BCUT2D eigenvalue weighted by Gasteiger charge is 2.20. The van der Waals surface area contributed by atoms with Gasteiger partial charge >= 0.3 is 5.97 Å². The lowest BCUT2D eigenvalue weighted by Gasteiger charge is -2.25. The Bertz CT molecular complexity index is 1210. The van der Waals surface area contributed by atoms with Crippen LogP contribution in [-0.4, -0.2) is 48.3 Å². The molecule has 2 heterocycles. The quantitative estimate of drug-likeness (QED) is 0.286. The molecule has 0 spiro atoms. The molecular formula is C27H29N3O4S2. The second-order valence-corrected chi connectivity index (χ2v) is 10.5. The van der Waals surface area contributed by atoms with Gasteiger partial charge in [-0.1, -0.05) is 42.8 Å². The van der Waals surface area contributed by atoms with Crippen LogP contribution in [0.15, 0.2) is 65.6 Å². The van der Waals surface area contributed by atoms with E-state index < -0.39 is 11.9 Å². The maximum Gasteiger partial charge on any atom is 0.341 e. The Balaban J connectivity index is 1.38. The van der Waals surface area contributed by atoms with Crippen molar-refractivity contribution in [1.29, 1.82) is 0 Å². The number of piperidine rings is 1. The van der Waals surface area contributed by atoms with Gasteiger partial charge < -0.3 is 15.4 Å². The van der Waals surface area contributed by atoms with Gasteiger partial charge in [0.2, 0.25) is 5.91 Å². The number of hydrogen-bond acceptors (Lipinski definition) is 7. The Hall–Kier alpha value is -3.14. The third-order valence-electron chi connectivity index (χ3n) is 5.59. The molecule has 0 aliphatic carbocycles. The summed E-state index contributed by atoms with van der Waals surface area (Å²) in [5, 5.41) is 5.84. The molecule has 2 amide bonds. The van der Waals surface area contributed by atoms with E-state index in [4.69, 9.17) is 4.74 Å². The number of carbonyl (C=O) groups is 3. The van der Waals surface area contributed by atoms with Gasteiger partial charge in [-0.2, -0.15) is 0 Å². The molecule has 0 saturated carbocycles. The number of thiophene rings is 1. The van der Waals surface area contributed by atoms with E-state index in [2.05, 4.69) is 14.9 Å². The summed E-state index contributed by atoms with van der Waals surface area (Å²) in [4.78, 5) is 39.7. The third kappa shape index (κ3) is 6.96. The highest BCUT2D eigenvalue weighted by atomic mass is 32.2. The number of rotatable bonds is 9. The van der Waals surface area contributed by atoms with Gasteiger partial charge in [-0.25, -0.2) is 9.10 Å². The zero-order valence-electron chi connectivity index (χ0n) is 20.1. The van der Waals surface area contributed by atoms with Gasteiger partial charge in [0.25, 0.3) is 5.91 Å². The normalized spacial score (nSPS) is 13.7. The lowest BCUT2D eigenvalue weighted by molar-refractivity contribution is -0.115. The molecule has 36 heavy (non-hydrogen) atoms. The molecule has 0 radical (unpaired) electrons. The molecule has 3 aromatic rings. The molecule has 1 saturated heterocycles. The Labute approximate surface area is 219 Å². The number of carbonyl (C=O) groups excluding carboxylic acids is 3. The SMILES string of the molecule is CCOC(=O)c1cc(-c2ccccc2)sc1NC(=O)CNC(=O)c1cccc(SN2CCCCC2)c1. The van der Waals surface area contributed by atoms with Gasteiger partial charge in [-0.3, -0.25) is 9.59 Å². The number of esters is 1. The molecule has 1 aliphatic heterocycles. The molecular weight excluding hydrogens is 494 g/mol. The first-order valence-electron chi connectivity index (χ1n) is 12.0. The zero-order valence-corrected chi connectivity index (χ0v) is 21.8. The first-order valence-corrected chi connectivity index (χ1v) is 13.6. The van der Waals surface area contributed by atoms with Crippen molar-refractivity contribution in [3.8, 4) is 10.4 Å². The fourth-order valence-corrected chi connectivity index (χ4v) is 5.95. The number of benzene rings is 2. The van der Waals surface area contributed by atoms with Gasteiger partial charge in [0, 0.05) is 28.4 Å². The van der Waals surface area contributed by atoms with E-state index in [0.29, 0.717) is 16.1 Å². The van der Waals surface area contributed by atoms with E-state index >= 15 is 0 Å². The Kier molecular flexibility index (Phi) is 9.16. The fourth-order valence-electron chi connectivity index (χ4n) is 3.82. The molecule has 2 aromatic carbocycles. The van der Waals surface area contributed by atoms with Crippen molar-refractivity contribution in [3.05, 3.63) is 71.8 Å². The first kappa shape index (κ1) is 25.9. The summed E-state index contributed by atoms with van der Waals surface area (Å²) in [7, 11) is 0. The molecule has 1 aromatic heterocycles. The molecule has 0 unspecified atom stereocenters. The summed E-state index contributed by atoms with van der Waals surface area (Å²) in [6.45, 7) is 3.83. The average Bonchev–Trinajstić information content (AvgIpc) is 3.32. The standard InChI is InChI=1S/C27H29N3O4S2/c1-2-34-27(33)22-17-23(19-10-5-3-6-11-19)35-26(22)29-24(31)18-28-25(32)20-12-9-13-21(16-20)36-30-14-7-4-8-15-30/h3,5-6,9-13,16-17H,2,4,7-8,14-15,18H2,1H3,(H,28,32)(H,29,31). The maximum atomic E-state index is 12.7. The minimum absolute atomic E-state index is 0.219. The molecule has 4 rings (SSSR count). The van der Waals surface area contributed by atoms with Crippen LogP contribution in [0.1, 0.15) is 46.9 Å². The summed E-state index contributed by atoms with van der Waals surface area (Å²) in [5.74, 6) is -1.25. The summed E-state index contributed by atoms with van der Waals surface area (Å²) in [6.07, 6.45) is 3.65. The van der Waals surface area contributed by atoms with Crippen LogP contribution in [0.25, 0.3) is 10.4 Å². The second kappa shape index (κ2) is 12.7. The monoisotopic (exact) mass is 523 g/mol. The molecule has 188 valence electrons. The largest absolute Gasteiger partial charge is 0.462 e. The number of hydrogen-bond donors (Lipinski definition) is 2. The molecule has 1 aliphatic rings. The predicted octanol–water partition coefficient (Wildman–Crippen LogP) is 5.45. The van der Waals surface area contributed by atoms with E-state index in [9.17, 15) is 14.4 Å². The fraction of sp³-hybridized carbons (Fsp3) is 0.296. The van der Waals surface area contributed by atoms with Crippen molar-refractivity contribution < 1.29 is 19.1 Å². The van der Waals surface area contributed by atoms with Crippen molar-refractivity contribution in [2.75, 3.05) is 31.6 Å². The van der Waals surface area contributed by atoms with Gasteiger partial charge in [0.1, 0.15) is 5.00 Å². The van der Waals surface area contributed by atoms with Crippen molar-refractivity contribution in [2.24, 2.45) is 0 Å². The van der Waals surface area contributed by atoms with Crippen molar-refractivity contribution in [1.82, 2.24) is 9.62 Å². The first-order chi connectivity index (χ1) is 17.5. The van der Waals surface area contributed by atoms with Gasteiger partial charge in [0.15, 0.2) is 0 Å². The minimum atomic E-state index is -0.502. The maximum absolute atomic E-state index is 12.7. The summed E-state index contributed by atoms with van der Waals surface area (Å²) >= 11 is 2.95. The summed E-state index contributed by atoms with van der Waals surface area (Å²) in [5.41, 5.74) is 1.73. The van der Waals surface area contributed by atoms with Crippen LogP contribution >= 0.6 is 23.3 Å². The summed E-state index contributed by atoms with van der Waals surface area (Å²) in [6, 6.07) is 18.7. The molecule has 1 fully saturated rings. The number of amides is 2. The smallest absolute Gasteiger partial charge is 0.341 e. The van der Waals surface area contributed by atoms with Crippen LogP contribution in [0.4, 0.5) is 5.00 Å². The lowest BCUT2D eigenvalue weighted by Crippen LogP contribution is -2.33. The lowest BCUT2D eigenvalue weighted by atomic mass is 10.1. The molecule has 9 heteroatoms. The van der Waals surface area contributed by atoms with Crippen LogP contribution < -0.4 is 10.6 Å². The van der Waals surface area contributed by atoms with Gasteiger partial charge in [-0.05, 0) is 61.5 Å². The highest BCUT2D eigenvalue weighted by Crippen LogP contribution is 2.36. The van der Waals surface area contributed by atoms with Gasteiger partial charge in [0.05, 0.1) is 18.7 Å². The number of ether oxygens (including phenoxy) is 1. The van der Waals surface area contributed by atoms with Crippen LogP contribution in [0.5, 0.6) is 0 Å². The molecule has 0 atom stereocenters. The second-order valence-electron chi connectivity index (χ2n) is 8.28. The average molecular weight is 524 g/mol. The number of nitrogens with zero attached hydrogens (tertiary/aromatic N) is 1. The predicted molar refractivity (Wildman–Crippen MR) is 144 cm³/mol. The summed E-state index contributed by atoms with van der Waals surface area (Å²) < 4.78 is 7.48. The third-order valence-corrected chi connectivity index (χ3v) is 7.78. The Morgan fingerprint density at radius 2 is 1.78 bits per heavy atom. The molecule has 7 nitrogen and oxygen atoms in total. The minimum Gasteiger partial charge on any atom is -0.462 e. The van der Waals surface area contributed by atoms with Crippen molar-refractivity contribution in [3.63, 3.8) is 0 Å². The number of anilines is 1. The van der Waals surface area contributed by atoms with E-state index in [0.717, 1.165) is 28.4 Å². The van der Waals surface area contributed by atoms with Crippen molar-refractivity contribution in [2.45, 2.75) is 31.1 Å². The van der Waals surface area contributed by atoms with Crippen molar-refractivity contribution >= 4 is 46.1 Å². The van der Waals surface area contributed by atoms with Crippen LogP contribution in [-0.2, 0) is 9.53 Å². The Morgan fingerprint density at radius 1 is 1.00 bits per heavy atom. The van der Waals surface area contributed by atoms with Crippen LogP contribution in [0.2, 0.25) is 0 Å². The van der Waals surface area contributed by atoms with Gasteiger partial charge in [-0.15, -0.1) is 11.3 Å². The molecule has 2 N–H and O–H groups in total. The van der Waals surface area contributed by atoms with E-state index in [1.165, 1.54) is 30.6 Å². The van der Waals surface area contributed by atoms with E-state index in [-0.39, 0.29) is 19.1 Å². The highest BCUT2D eigenvalue weighted by molar-refractivity contribution is 7.97. The Morgan fingerprint density at radius 3 is 2.53 bits per heavy atom. The number of nitrogens with one attached hydrogen (secondary N) is 2. The van der Waals surface area contributed by atoms with Crippen LogP contribution in [0, 0.1) is 0 Å². The van der Waals surface area contributed by atoms with E-state index in [1.807, 2.05) is 48.5 Å². The molecule has 0 bridgehead atoms. The van der Waals surface area contributed by atoms with Crippen LogP contribution in [0.3, 0.4) is 0 Å². The van der Waals surface area contributed by atoms with E-state index in [1.54, 1.807) is 31.0 Å².